The SMILES string of the molecule is Oc1c2c(cc3c1OCC3)OCC2. The molecule has 3 heteroatoms. The molecule has 2 aliphatic rings. The predicted molar refractivity (Wildman–Crippen MR) is 46.5 cm³/mol. The van der Waals surface area contributed by atoms with Crippen LogP contribution in [0.15, 0.2) is 6.07 Å². The number of phenols is 1. The number of fused-ring (bicyclic) bond motifs is 2. The molecule has 2 heterocycles. The van der Waals surface area contributed by atoms with Crippen LogP contribution >= 0.6 is 0 Å². The zero-order chi connectivity index (χ0) is 8.84. The summed E-state index contributed by atoms with van der Waals surface area (Å²) < 4.78 is 10.7. The first kappa shape index (κ1) is 7.06. The Morgan fingerprint density at radius 2 is 2.00 bits per heavy atom. The van der Waals surface area contributed by atoms with Crippen molar-refractivity contribution < 1.29 is 14.6 Å². The number of phenolic OH excluding ortho intramolecular Hbond substituents is 1. The summed E-state index contributed by atoms with van der Waals surface area (Å²) >= 11 is 0. The third-order valence-electron chi connectivity index (χ3n) is 2.62. The van der Waals surface area contributed by atoms with Crippen molar-refractivity contribution in [3.8, 4) is 17.2 Å². The second kappa shape index (κ2) is 2.31. The fraction of sp³-hybridized carbons (Fsp3) is 0.400. The van der Waals surface area contributed by atoms with Crippen LogP contribution in [0.1, 0.15) is 11.1 Å². The lowest BCUT2D eigenvalue weighted by Crippen LogP contribution is -1.88. The lowest BCUT2D eigenvalue weighted by Gasteiger charge is -2.06. The summed E-state index contributed by atoms with van der Waals surface area (Å²) in [6.07, 6.45) is 1.66. The van der Waals surface area contributed by atoms with Crippen molar-refractivity contribution in [1.82, 2.24) is 0 Å². The maximum Gasteiger partial charge on any atom is 0.165 e. The van der Waals surface area contributed by atoms with E-state index in [-0.39, 0.29) is 0 Å². The minimum absolute atomic E-state index is 0.294. The summed E-state index contributed by atoms with van der Waals surface area (Å²) in [6, 6.07) is 1.99. The maximum atomic E-state index is 9.83. The fourth-order valence-corrected chi connectivity index (χ4v) is 1.96. The molecule has 3 rings (SSSR count). The molecule has 1 aromatic rings. The Labute approximate surface area is 75.9 Å². The van der Waals surface area contributed by atoms with Crippen molar-refractivity contribution in [1.29, 1.82) is 0 Å². The number of ether oxygens (including phenoxy) is 2. The highest BCUT2D eigenvalue weighted by atomic mass is 16.5. The Hall–Kier alpha value is -1.38. The molecule has 68 valence electrons. The number of benzene rings is 1. The van der Waals surface area contributed by atoms with Gasteiger partial charge in [0.15, 0.2) is 11.5 Å². The van der Waals surface area contributed by atoms with E-state index in [9.17, 15) is 5.11 Å². The van der Waals surface area contributed by atoms with Crippen LogP contribution in [0.4, 0.5) is 0 Å². The van der Waals surface area contributed by atoms with Crippen LogP contribution in [-0.2, 0) is 12.8 Å². The third kappa shape index (κ3) is 0.842. The highest BCUT2D eigenvalue weighted by Crippen LogP contribution is 2.44. The second-order valence-electron chi connectivity index (χ2n) is 3.39. The molecule has 0 unspecified atom stereocenters. The minimum Gasteiger partial charge on any atom is -0.504 e. The number of aromatic hydroxyl groups is 1. The maximum absolute atomic E-state index is 9.83. The number of hydrogen-bond donors (Lipinski definition) is 1. The van der Waals surface area contributed by atoms with E-state index in [1.807, 2.05) is 6.07 Å². The molecular formula is C10H10O3. The summed E-state index contributed by atoms with van der Waals surface area (Å²) in [5, 5.41) is 9.83. The van der Waals surface area contributed by atoms with Crippen LogP contribution in [0.25, 0.3) is 0 Å². The summed E-state index contributed by atoms with van der Waals surface area (Å²) in [4.78, 5) is 0. The van der Waals surface area contributed by atoms with Crippen LogP contribution in [0.3, 0.4) is 0 Å². The number of rotatable bonds is 0. The van der Waals surface area contributed by atoms with Gasteiger partial charge in [-0.15, -0.1) is 0 Å². The highest BCUT2D eigenvalue weighted by molar-refractivity contribution is 5.60. The first-order valence-electron chi connectivity index (χ1n) is 4.49. The zero-order valence-corrected chi connectivity index (χ0v) is 7.17. The van der Waals surface area contributed by atoms with Crippen molar-refractivity contribution in [3.05, 3.63) is 17.2 Å². The largest absolute Gasteiger partial charge is 0.504 e. The first-order chi connectivity index (χ1) is 6.36. The molecule has 0 spiro atoms. The van der Waals surface area contributed by atoms with Gasteiger partial charge in [-0.25, -0.2) is 0 Å². The van der Waals surface area contributed by atoms with Crippen LogP contribution < -0.4 is 9.47 Å². The molecule has 1 N–H and O–H groups in total. The molecular weight excluding hydrogens is 168 g/mol. The van der Waals surface area contributed by atoms with E-state index in [1.54, 1.807) is 0 Å². The lowest BCUT2D eigenvalue weighted by molar-refractivity contribution is 0.333. The molecule has 0 saturated carbocycles. The Morgan fingerprint density at radius 3 is 2.92 bits per heavy atom. The Morgan fingerprint density at radius 1 is 1.15 bits per heavy atom. The van der Waals surface area contributed by atoms with Gasteiger partial charge in [0.2, 0.25) is 0 Å². The van der Waals surface area contributed by atoms with E-state index in [4.69, 9.17) is 9.47 Å². The predicted octanol–water partition coefficient (Wildman–Crippen LogP) is 1.26. The monoisotopic (exact) mass is 178 g/mol. The number of hydrogen-bond acceptors (Lipinski definition) is 3. The van der Waals surface area contributed by atoms with Crippen LogP contribution in [0.5, 0.6) is 17.2 Å². The molecule has 13 heavy (non-hydrogen) atoms. The zero-order valence-electron chi connectivity index (χ0n) is 7.17. The van der Waals surface area contributed by atoms with Gasteiger partial charge in [-0.05, 0) is 6.07 Å². The van der Waals surface area contributed by atoms with Gasteiger partial charge in [0, 0.05) is 24.0 Å². The van der Waals surface area contributed by atoms with Crippen LogP contribution in [0.2, 0.25) is 0 Å². The van der Waals surface area contributed by atoms with E-state index in [1.165, 1.54) is 0 Å². The van der Waals surface area contributed by atoms with Gasteiger partial charge in [-0.2, -0.15) is 0 Å². The normalized spacial score (nSPS) is 17.5. The van der Waals surface area contributed by atoms with E-state index >= 15 is 0 Å². The molecule has 0 amide bonds. The lowest BCUT2D eigenvalue weighted by atomic mass is 10.1. The summed E-state index contributed by atoms with van der Waals surface area (Å²) in [6.45, 7) is 1.34. The standard InChI is InChI=1S/C10H10O3/c11-9-7-2-4-12-8(7)5-6-1-3-13-10(6)9/h5,11H,1-4H2. The molecule has 0 aromatic heterocycles. The van der Waals surface area contributed by atoms with Gasteiger partial charge < -0.3 is 14.6 Å². The first-order valence-corrected chi connectivity index (χ1v) is 4.49. The van der Waals surface area contributed by atoms with Crippen molar-refractivity contribution in [2.45, 2.75) is 12.8 Å². The van der Waals surface area contributed by atoms with Gasteiger partial charge in [-0.3, -0.25) is 0 Å². The van der Waals surface area contributed by atoms with Gasteiger partial charge in [0.1, 0.15) is 5.75 Å². The Kier molecular flexibility index (Phi) is 1.26. The van der Waals surface area contributed by atoms with Crippen molar-refractivity contribution >= 4 is 0 Å². The molecule has 0 fully saturated rings. The van der Waals surface area contributed by atoms with Gasteiger partial charge >= 0.3 is 0 Å². The van der Waals surface area contributed by atoms with E-state index in [0.717, 1.165) is 29.7 Å². The molecule has 0 aliphatic carbocycles. The Balaban J connectivity index is 2.26. The van der Waals surface area contributed by atoms with Crippen LogP contribution in [0, 0.1) is 0 Å². The summed E-state index contributed by atoms with van der Waals surface area (Å²) in [5.41, 5.74) is 1.97. The molecule has 2 aliphatic heterocycles. The van der Waals surface area contributed by atoms with E-state index in [0.29, 0.717) is 24.7 Å². The van der Waals surface area contributed by atoms with Crippen molar-refractivity contribution in [2.24, 2.45) is 0 Å². The Bertz CT molecular complexity index is 339. The molecule has 0 radical (unpaired) electrons. The van der Waals surface area contributed by atoms with E-state index in [2.05, 4.69) is 0 Å². The smallest absolute Gasteiger partial charge is 0.165 e. The molecule has 3 nitrogen and oxygen atoms in total. The molecule has 1 aromatic carbocycles. The molecule has 0 saturated heterocycles. The second-order valence-corrected chi connectivity index (χ2v) is 3.39. The average Bonchev–Trinajstić information content (AvgIpc) is 2.71. The minimum atomic E-state index is 0.294. The quantitative estimate of drug-likeness (QED) is 0.650. The summed E-state index contributed by atoms with van der Waals surface area (Å²) in [7, 11) is 0. The van der Waals surface area contributed by atoms with E-state index < -0.39 is 0 Å². The third-order valence-corrected chi connectivity index (χ3v) is 2.62. The van der Waals surface area contributed by atoms with Gasteiger partial charge in [-0.1, -0.05) is 0 Å². The highest BCUT2D eigenvalue weighted by Gasteiger charge is 2.25. The average molecular weight is 178 g/mol. The molecule has 0 atom stereocenters. The summed E-state index contributed by atoms with van der Waals surface area (Å²) in [5.74, 6) is 1.80. The van der Waals surface area contributed by atoms with Crippen molar-refractivity contribution in [3.63, 3.8) is 0 Å². The van der Waals surface area contributed by atoms with Gasteiger partial charge in [0.05, 0.1) is 13.2 Å². The molecule has 0 bridgehead atoms. The van der Waals surface area contributed by atoms with Gasteiger partial charge in [0.25, 0.3) is 0 Å². The van der Waals surface area contributed by atoms with Crippen molar-refractivity contribution in [2.75, 3.05) is 13.2 Å². The fourth-order valence-electron chi connectivity index (χ4n) is 1.96. The topological polar surface area (TPSA) is 38.7 Å². The van der Waals surface area contributed by atoms with Crippen LogP contribution in [-0.4, -0.2) is 18.3 Å².